The van der Waals surface area contributed by atoms with Gasteiger partial charge in [-0.1, -0.05) is 18.2 Å². The highest BCUT2D eigenvalue weighted by Crippen LogP contribution is 2.27. The van der Waals surface area contributed by atoms with Crippen LogP contribution in [0.15, 0.2) is 47.5 Å². The van der Waals surface area contributed by atoms with E-state index < -0.39 is 0 Å². The van der Waals surface area contributed by atoms with Gasteiger partial charge in [-0.15, -0.1) is 24.0 Å². The van der Waals surface area contributed by atoms with Crippen LogP contribution in [0, 0.1) is 0 Å². The Hall–Kier alpha value is -2.16. The van der Waals surface area contributed by atoms with E-state index in [1.165, 1.54) is 0 Å². The fourth-order valence-electron chi connectivity index (χ4n) is 2.58. The second-order valence-corrected chi connectivity index (χ2v) is 6.28. The van der Waals surface area contributed by atoms with Crippen LogP contribution in [0.2, 0.25) is 0 Å². The average molecular weight is 499 g/mol. The molecular formula is C21H30IN3O3. The van der Waals surface area contributed by atoms with Gasteiger partial charge in [-0.3, -0.25) is 4.99 Å². The molecule has 154 valence electrons. The molecule has 0 amide bonds. The average Bonchev–Trinajstić information content (AvgIpc) is 2.67. The maximum atomic E-state index is 5.74. The molecule has 0 aliphatic carbocycles. The Morgan fingerprint density at radius 3 is 2.14 bits per heavy atom. The van der Waals surface area contributed by atoms with Crippen LogP contribution < -0.4 is 24.8 Å². The van der Waals surface area contributed by atoms with E-state index in [4.69, 9.17) is 14.2 Å². The lowest BCUT2D eigenvalue weighted by Crippen LogP contribution is -2.36. The highest BCUT2D eigenvalue weighted by molar-refractivity contribution is 14.0. The monoisotopic (exact) mass is 499 g/mol. The van der Waals surface area contributed by atoms with E-state index in [0.29, 0.717) is 24.6 Å². The van der Waals surface area contributed by atoms with Gasteiger partial charge < -0.3 is 24.8 Å². The van der Waals surface area contributed by atoms with Gasteiger partial charge in [0.2, 0.25) is 0 Å². The Labute approximate surface area is 184 Å². The van der Waals surface area contributed by atoms with Crippen molar-refractivity contribution in [1.82, 2.24) is 10.6 Å². The van der Waals surface area contributed by atoms with E-state index in [9.17, 15) is 0 Å². The number of halogens is 1. The highest BCUT2D eigenvalue weighted by atomic mass is 127. The number of methoxy groups -OCH3 is 2. The van der Waals surface area contributed by atoms with Crippen LogP contribution in [0.5, 0.6) is 17.2 Å². The second kappa shape index (κ2) is 12.3. The first-order valence-electron chi connectivity index (χ1n) is 8.96. The van der Waals surface area contributed by atoms with E-state index in [2.05, 4.69) is 21.7 Å². The molecule has 2 N–H and O–H groups in total. The lowest BCUT2D eigenvalue weighted by atomic mass is 10.2. The molecule has 0 aromatic heterocycles. The molecule has 0 aliphatic heterocycles. The Kier molecular flexibility index (Phi) is 10.5. The molecule has 0 bridgehead atoms. The van der Waals surface area contributed by atoms with Crippen molar-refractivity contribution in [3.8, 4) is 17.2 Å². The summed E-state index contributed by atoms with van der Waals surface area (Å²) in [6, 6.07) is 13.9. The summed E-state index contributed by atoms with van der Waals surface area (Å²) in [5, 5.41) is 6.62. The molecule has 0 fully saturated rings. The van der Waals surface area contributed by atoms with E-state index in [0.717, 1.165) is 22.8 Å². The summed E-state index contributed by atoms with van der Waals surface area (Å²) in [4.78, 5) is 4.27. The normalized spacial score (nSPS) is 10.9. The van der Waals surface area contributed by atoms with Gasteiger partial charge in [0.15, 0.2) is 17.5 Å². The van der Waals surface area contributed by atoms with Crippen molar-refractivity contribution in [2.75, 3.05) is 21.3 Å². The highest BCUT2D eigenvalue weighted by Gasteiger charge is 2.06. The first-order chi connectivity index (χ1) is 13.0. The summed E-state index contributed by atoms with van der Waals surface area (Å²) in [6.45, 7) is 5.31. The van der Waals surface area contributed by atoms with Crippen LogP contribution in [0.3, 0.4) is 0 Å². The molecule has 6 nitrogen and oxygen atoms in total. The minimum atomic E-state index is 0. The number of nitrogens with one attached hydrogen (secondary N) is 2. The molecule has 2 aromatic rings. The molecule has 0 spiro atoms. The van der Waals surface area contributed by atoms with Gasteiger partial charge in [0, 0.05) is 20.1 Å². The number of nitrogens with zero attached hydrogens (tertiary/aromatic N) is 1. The van der Waals surface area contributed by atoms with E-state index in [-0.39, 0.29) is 30.1 Å². The van der Waals surface area contributed by atoms with Gasteiger partial charge in [0.05, 0.1) is 20.3 Å². The quantitative estimate of drug-likeness (QED) is 0.327. The SMILES string of the molecule is CN=C(NCc1cccc(OC(C)C)c1)NCc1ccc(OC)c(OC)c1.I. The standard InChI is InChI=1S/C21H29N3O3.HI/c1-15(2)27-18-8-6-7-16(11-18)13-23-21(22-3)24-14-17-9-10-19(25-4)20(12-17)26-5;/h6-12,15H,13-14H2,1-5H3,(H2,22,23,24);1H. The van der Waals surface area contributed by atoms with E-state index in [1.807, 2.05) is 50.2 Å². The summed E-state index contributed by atoms with van der Waals surface area (Å²) < 4.78 is 16.3. The van der Waals surface area contributed by atoms with E-state index >= 15 is 0 Å². The zero-order valence-corrected chi connectivity index (χ0v) is 19.4. The molecule has 2 aromatic carbocycles. The number of ether oxygens (including phenoxy) is 3. The molecule has 0 heterocycles. The van der Waals surface area contributed by atoms with Crippen LogP contribution in [0.1, 0.15) is 25.0 Å². The van der Waals surface area contributed by atoms with Gasteiger partial charge in [0.25, 0.3) is 0 Å². The zero-order chi connectivity index (χ0) is 19.6. The van der Waals surface area contributed by atoms with Gasteiger partial charge in [-0.25, -0.2) is 0 Å². The van der Waals surface area contributed by atoms with Gasteiger partial charge in [-0.2, -0.15) is 0 Å². The van der Waals surface area contributed by atoms with Crippen molar-refractivity contribution in [2.45, 2.75) is 33.0 Å². The summed E-state index contributed by atoms with van der Waals surface area (Å²) in [5.41, 5.74) is 2.20. The summed E-state index contributed by atoms with van der Waals surface area (Å²) >= 11 is 0. The lowest BCUT2D eigenvalue weighted by Gasteiger charge is -2.14. The van der Waals surface area contributed by atoms with E-state index in [1.54, 1.807) is 21.3 Å². The minimum absolute atomic E-state index is 0. The Morgan fingerprint density at radius 1 is 0.929 bits per heavy atom. The summed E-state index contributed by atoms with van der Waals surface area (Å²) in [7, 11) is 5.01. The molecule has 28 heavy (non-hydrogen) atoms. The van der Waals surface area contributed by atoms with Crippen molar-refractivity contribution < 1.29 is 14.2 Å². The molecule has 7 heteroatoms. The van der Waals surface area contributed by atoms with Crippen molar-refractivity contribution in [1.29, 1.82) is 0 Å². The fourth-order valence-corrected chi connectivity index (χ4v) is 2.58. The number of hydrogen-bond donors (Lipinski definition) is 2. The van der Waals surface area contributed by atoms with Crippen LogP contribution in [-0.4, -0.2) is 33.3 Å². The molecule has 0 atom stereocenters. The van der Waals surface area contributed by atoms with Crippen LogP contribution in [-0.2, 0) is 13.1 Å². The predicted molar refractivity (Wildman–Crippen MR) is 124 cm³/mol. The third kappa shape index (κ3) is 7.46. The number of guanidine groups is 1. The molecule has 2 rings (SSSR count). The maximum Gasteiger partial charge on any atom is 0.191 e. The third-order valence-electron chi connectivity index (χ3n) is 3.86. The second-order valence-electron chi connectivity index (χ2n) is 6.28. The lowest BCUT2D eigenvalue weighted by molar-refractivity contribution is 0.242. The smallest absolute Gasteiger partial charge is 0.191 e. The van der Waals surface area contributed by atoms with Crippen molar-refractivity contribution in [3.05, 3.63) is 53.6 Å². The summed E-state index contributed by atoms with van der Waals surface area (Å²) in [5.74, 6) is 3.02. The minimum Gasteiger partial charge on any atom is -0.493 e. The topological polar surface area (TPSA) is 64.1 Å². The fraction of sp³-hybridized carbons (Fsp3) is 0.381. The van der Waals surface area contributed by atoms with Gasteiger partial charge >= 0.3 is 0 Å². The first-order valence-corrected chi connectivity index (χ1v) is 8.96. The molecule has 0 saturated heterocycles. The Balaban J connectivity index is 0.00000392. The van der Waals surface area contributed by atoms with Gasteiger partial charge in [-0.05, 0) is 49.2 Å². The van der Waals surface area contributed by atoms with Crippen molar-refractivity contribution in [2.24, 2.45) is 4.99 Å². The number of hydrogen-bond acceptors (Lipinski definition) is 4. The molecular weight excluding hydrogens is 469 g/mol. The molecule has 0 radical (unpaired) electrons. The van der Waals surface area contributed by atoms with Crippen molar-refractivity contribution >= 4 is 29.9 Å². The van der Waals surface area contributed by atoms with Gasteiger partial charge in [0.1, 0.15) is 5.75 Å². The number of benzene rings is 2. The molecule has 0 aliphatic rings. The largest absolute Gasteiger partial charge is 0.493 e. The predicted octanol–water partition coefficient (Wildman–Crippen LogP) is 3.97. The van der Waals surface area contributed by atoms with Crippen molar-refractivity contribution in [3.63, 3.8) is 0 Å². The molecule has 0 unspecified atom stereocenters. The van der Waals surface area contributed by atoms with Crippen LogP contribution in [0.4, 0.5) is 0 Å². The zero-order valence-electron chi connectivity index (χ0n) is 17.1. The molecule has 0 saturated carbocycles. The van der Waals surface area contributed by atoms with Crippen LogP contribution >= 0.6 is 24.0 Å². The first kappa shape index (κ1) is 23.9. The Morgan fingerprint density at radius 2 is 1.57 bits per heavy atom. The number of aliphatic imine (C=N–C) groups is 1. The number of rotatable bonds is 8. The summed E-state index contributed by atoms with van der Waals surface area (Å²) in [6.07, 6.45) is 0.157. The van der Waals surface area contributed by atoms with Crippen LogP contribution in [0.25, 0.3) is 0 Å². The maximum absolute atomic E-state index is 5.74. The Bertz CT molecular complexity index is 766. The third-order valence-corrected chi connectivity index (χ3v) is 3.86.